The van der Waals surface area contributed by atoms with Crippen LogP contribution in [-0.2, 0) is 11.0 Å². The number of thioether (sulfide) groups is 1. The molecule has 0 saturated carbocycles. The van der Waals surface area contributed by atoms with Crippen LogP contribution in [-0.4, -0.2) is 21.1 Å². The van der Waals surface area contributed by atoms with Gasteiger partial charge < -0.3 is 11.1 Å². The Kier molecular flexibility index (Phi) is 5.80. The van der Waals surface area contributed by atoms with Crippen LogP contribution in [0.1, 0.15) is 16.4 Å². The summed E-state index contributed by atoms with van der Waals surface area (Å²) in [5, 5.41) is 8.17. The minimum absolute atomic E-state index is 0.0136. The van der Waals surface area contributed by atoms with Gasteiger partial charge in [0.15, 0.2) is 0 Å². The molecule has 0 fully saturated rings. The van der Waals surface area contributed by atoms with Crippen LogP contribution in [0.3, 0.4) is 0 Å². The van der Waals surface area contributed by atoms with Crippen molar-refractivity contribution in [3.63, 3.8) is 0 Å². The van der Waals surface area contributed by atoms with Crippen LogP contribution in [0.25, 0.3) is 0 Å². The molecule has 0 aliphatic carbocycles. The van der Waals surface area contributed by atoms with Crippen molar-refractivity contribution in [1.29, 1.82) is 0 Å². The van der Waals surface area contributed by atoms with Crippen molar-refractivity contribution in [2.24, 2.45) is 0 Å². The third-order valence-electron chi connectivity index (χ3n) is 3.60. The lowest BCUT2D eigenvalue weighted by Crippen LogP contribution is -2.20. The van der Waals surface area contributed by atoms with Gasteiger partial charge in [-0.3, -0.25) is 4.79 Å². The molecule has 1 atom stereocenters. The molecule has 28 heavy (non-hydrogen) atoms. The van der Waals surface area contributed by atoms with E-state index < -0.39 is 22.9 Å². The fourth-order valence-corrected chi connectivity index (χ4v) is 3.40. The number of aromatic amines is 1. The Morgan fingerprint density at radius 2 is 1.93 bits per heavy atom. The van der Waals surface area contributed by atoms with Gasteiger partial charge in [-0.05, 0) is 23.8 Å². The predicted molar refractivity (Wildman–Crippen MR) is 101 cm³/mol. The number of nitrogens with one attached hydrogen (secondary N) is 2. The third kappa shape index (κ3) is 4.76. The topological polar surface area (TPSA) is 96.7 Å². The number of nitrogens with two attached hydrogens (primary N) is 1. The molecule has 3 rings (SSSR count). The summed E-state index contributed by atoms with van der Waals surface area (Å²) >= 11 is 6.96. The second-order valence-electron chi connectivity index (χ2n) is 5.59. The predicted octanol–water partition coefficient (Wildman–Crippen LogP) is 4.53. The molecule has 1 amide bonds. The van der Waals surface area contributed by atoms with E-state index in [1.165, 1.54) is 0 Å². The number of H-pyrrole nitrogens is 1. The number of benzene rings is 2. The van der Waals surface area contributed by atoms with Gasteiger partial charge in [0.05, 0.1) is 16.3 Å². The third-order valence-corrected chi connectivity index (χ3v) is 5.04. The van der Waals surface area contributed by atoms with Gasteiger partial charge in [0.2, 0.25) is 17.0 Å². The Morgan fingerprint density at radius 3 is 2.54 bits per heavy atom. The number of nitrogen functional groups attached to an aromatic ring is 1. The van der Waals surface area contributed by atoms with Crippen LogP contribution in [0.15, 0.2) is 53.7 Å². The number of halogens is 4. The summed E-state index contributed by atoms with van der Waals surface area (Å²) in [6.07, 6.45) is -4.56. The van der Waals surface area contributed by atoms with Crippen molar-refractivity contribution in [3.05, 3.63) is 64.7 Å². The first kappa shape index (κ1) is 20.0. The average molecular weight is 428 g/mol. The van der Waals surface area contributed by atoms with Crippen molar-refractivity contribution < 1.29 is 18.0 Å². The highest BCUT2D eigenvalue weighted by Gasteiger charge is 2.32. The van der Waals surface area contributed by atoms with Crippen molar-refractivity contribution in [1.82, 2.24) is 15.2 Å². The van der Waals surface area contributed by atoms with Gasteiger partial charge in [0.25, 0.3) is 0 Å². The summed E-state index contributed by atoms with van der Waals surface area (Å²) in [4.78, 5) is 16.8. The number of hydrogen-bond acceptors (Lipinski definition) is 5. The Bertz CT molecular complexity index is 980. The zero-order valence-corrected chi connectivity index (χ0v) is 15.6. The smallest absolute Gasteiger partial charge is 0.368 e. The molecule has 6 nitrogen and oxygen atoms in total. The Balaban J connectivity index is 1.90. The zero-order valence-electron chi connectivity index (χ0n) is 14.0. The van der Waals surface area contributed by atoms with Gasteiger partial charge in [-0.1, -0.05) is 53.7 Å². The summed E-state index contributed by atoms with van der Waals surface area (Å²) in [6, 6.07) is 11.4. The first-order chi connectivity index (χ1) is 13.2. The molecule has 2 aromatic carbocycles. The second-order valence-corrected chi connectivity index (χ2v) is 7.07. The number of hydrogen-bond donors (Lipinski definition) is 3. The van der Waals surface area contributed by atoms with Crippen molar-refractivity contribution in [2.75, 3.05) is 11.1 Å². The zero-order chi connectivity index (χ0) is 20.3. The molecule has 4 N–H and O–H groups in total. The second kappa shape index (κ2) is 8.11. The summed E-state index contributed by atoms with van der Waals surface area (Å²) in [7, 11) is 0. The highest BCUT2D eigenvalue weighted by Crippen LogP contribution is 2.37. The molecule has 0 saturated heterocycles. The van der Waals surface area contributed by atoms with E-state index in [9.17, 15) is 18.0 Å². The average Bonchev–Trinajstić information content (AvgIpc) is 3.06. The van der Waals surface area contributed by atoms with Crippen LogP contribution in [0.2, 0.25) is 5.02 Å². The summed E-state index contributed by atoms with van der Waals surface area (Å²) in [5.74, 6) is -0.503. The molecule has 1 heterocycles. The highest BCUT2D eigenvalue weighted by molar-refractivity contribution is 8.00. The number of nitrogens with zero attached hydrogens (tertiary/aromatic N) is 2. The molecule has 3 aromatic rings. The molecule has 0 radical (unpaired) electrons. The fraction of sp³-hybridized carbons (Fsp3) is 0.118. The van der Waals surface area contributed by atoms with Gasteiger partial charge in [-0.2, -0.15) is 18.2 Å². The number of rotatable bonds is 5. The minimum atomic E-state index is -4.56. The van der Waals surface area contributed by atoms with E-state index in [2.05, 4.69) is 20.5 Å². The lowest BCUT2D eigenvalue weighted by molar-refractivity contribution is -0.137. The van der Waals surface area contributed by atoms with Crippen LogP contribution >= 0.6 is 23.4 Å². The van der Waals surface area contributed by atoms with E-state index in [1.807, 2.05) is 0 Å². The fourth-order valence-electron chi connectivity index (χ4n) is 2.31. The molecule has 0 spiro atoms. The first-order valence-corrected chi connectivity index (χ1v) is 9.07. The lowest BCUT2D eigenvalue weighted by Gasteiger charge is -2.17. The molecule has 1 aromatic heterocycles. The lowest BCUT2D eigenvalue weighted by atomic mass is 10.1. The van der Waals surface area contributed by atoms with Crippen LogP contribution in [0.4, 0.5) is 24.8 Å². The SMILES string of the molecule is Nc1nc(S[C@@H](C(=O)Nc2cc(C(F)(F)F)ccc2Cl)c2ccccc2)n[nH]1. The van der Waals surface area contributed by atoms with Crippen LogP contribution in [0, 0.1) is 0 Å². The largest absolute Gasteiger partial charge is 0.416 e. The summed E-state index contributed by atoms with van der Waals surface area (Å²) in [5.41, 5.74) is 5.05. The maximum atomic E-state index is 13.0. The molecule has 0 aliphatic rings. The van der Waals surface area contributed by atoms with Crippen molar-refractivity contribution >= 4 is 40.9 Å². The number of aromatic nitrogens is 3. The monoisotopic (exact) mass is 427 g/mol. The van der Waals surface area contributed by atoms with Gasteiger partial charge in [-0.25, -0.2) is 5.10 Å². The quantitative estimate of drug-likeness (QED) is 0.520. The molecule has 0 unspecified atom stereocenters. The number of alkyl halides is 3. The van der Waals surface area contributed by atoms with Gasteiger partial charge >= 0.3 is 6.18 Å². The molecule has 146 valence electrons. The molecule has 0 aliphatic heterocycles. The minimum Gasteiger partial charge on any atom is -0.368 e. The van der Waals surface area contributed by atoms with E-state index in [0.717, 1.165) is 30.0 Å². The Hall–Kier alpha value is -2.72. The van der Waals surface area contributed by atoms with E-state index in [-0.39, 0.29) is 21.8 Å². The van der Waals surface area contributed by atoms with Crippen molar-refractivity contribution in [2.45, 2.75) is 16.6 Å². The van der Waals surface area contributed by atoms with E-state index in [1.54, 1.807) is 30.3 Å². The van der Waals surface area contributed by atoms with E-state index in [4.69, 9.17) is 17.3 Å². The van der Waals surface area contributed by atoms with Crippen LogP contribution in [0.5, 0.6) is 0 Å². The molecule has 11 heteroatoms. The number of amides is 1. The Labute approximate surface area is 166 Å². The van der Waals surface area contributed by atoms with Gasteiger partial charge in [0, 0.05) is 0 Å². The van der Waals surface area contributed by atoms with E-state index in [0.29, 0.717) is 5.56 Å². The number of carbonyl (C=O) groups excluding carboxylic acids is 1. The standard InChI is InChI=1S/C17H13ClF3N5OS/c18-11-7-6-10(17(19,20)21)8-12(11)23-14(27)13(9-4-2-1-3-5-9)28-16-24-15(22)25-26-16/h1-8,13H,(H,23,27)(H3,22,24,25,26)/t13-/m1/s1. The summed E-state index contributed by atoms with van der Waals surface area (Å²) < 4.78 is 38.9. The highest BCUT2D eigenvalue weighted by atomic mass is 35.5. The van der Waals surface area contributed by atoms with Gasteiger partial charge in [0.1, 0.15) is 5.25 Å². The van der Waals surface area contributed by atoms with Gasteiger partial charge in [-0.15, -0.1) is 5.10 Å². The normalized spacial score (nSPS) is 12.6. The molecule has 0 bridgehead atoms. The number of anilines is 2. The molecular formula is C17H13ClF3N5OS. The first-order valence-electron chi connectivity index (χ1n) is 7.81. The van der Waals surface area contributed by atoms with Crippen molar-refractivity contribution in [3.8, 4) is 0 Å². The number of carbonyl (C=O) groups is 1. The van der Waals surface area contributed by atoms with Crippen LogP contribution < -0.4 is 11.1 Å². The maximum absolute atomic E-state index is 13.0. The summed E-state index contributed by atoms with van der Waals surface area (Å²) in [6.45, 7) is 0. The maximum Gasteiger partial charge on any atom is 0.416 e. The Morgan fingerprint density at radius 1 is 1.21 bits per heavy atom. The molecular weight excluding hydrogens is 415 g/mol. The van der Waals surface area contributed by atoms with E-state index >= 15 is 0 Å².